The van der Waals surface area contributed by atoms with Crippen LogP contribution in [0.25, 0.3) is 0 Å². The minimum Gasteiger partial charge on any atom is -0.337 e. The summed E-state index contributed by atoms with van der Waals surface area (Å²) in [5.74, 6) is -0.812. The third-order valence-electron chi connectivity index (χ3n) is 3.04. The summed E-state index contributed by atoms with van der Waals surface area (Å²) in [6, 6.07) is 2.87. The van der Waals surface area contributed by atoms with Gasteiger partial charge in [0.25, 0.3) is 11.6 Å². The molecule has 1 aromatic heterocycles. The predicted octanol–water partition coefficient (Wildman–Crippen LogP) is 1.74. The summed E-state index contributed by atoms with van der Waals surface area (Å²) < 4.78 is 15.4. The summed E-state index contributed by atoms with van der Waals surface area (Å²) in [5.41, 5.74) is -0.661. The Morgan fingerprint density at radius 1 is 1.52 bits per heavy atom. The first-order valence-corrected chi connectivity index (χ1v) is 6.05. The molecule has 0 aliphatic rings. The average Bonchev–Trinajstić information content (AvgIpc) is 2.83. The van der Waals surface area contributed by atoms with Crippen molar-refractivity contribution in [3.8, 4) is 0 Å². The molecule has 2 aromatic rings. The van der Waals surface area contributed by atoms with Crippen LogP contribution in [0.2, 0.25) is 0 Å². The Labute approximate surface area is 119 Å². The zero-order valence-corrected chi connectivity index (χ0v) is 11.5. The number of benzene rings is 1. The minimum absolute atomic E-state index is 0.171. The van der Waals surface area contributed by atoms with Crippen LogP contribution in [0.15, 0.2) is 30.6 Å². The Morgan fingerprint density at radius 3 is 2.81 bits per heavy atom. The van der Waals surface area contributed by atoms with Gasteiger partial charge < -0.3 is 9.47 Å². The molecule has 0 fully saturated rings. The summed E-state index contributed by atoms with van der Waals surface area (Å²) in [6.07, 6.45) is 3.31. The third kappa shape index (κ3) is 3.04. The highest BCUT2D eigenvalue weighted by molar-refractivity contribution is 5.94. The van der Waals surface area contributed by atoms with Crippen molar-refractivity contribution in [2.24, 2.45) is 7.05 Å². The van der Waals surface area contributed by atoms with Gasteiger partial charge in [0.15, 0.2) is 0 Å². The van der Waals surface area contributed by atoms with E-state index in [2.05, 4.69) is 4.98 Å². The topological polar surface area (TPSA) is 81.3 Å². The number of hydrogen-bond acceptors (Lipinski definition) is 4. The van der Waals surface area contributed by atoms with E-state index in [-0.39, 0.29) is 17.8 Å². The number of amides is 1. The number of aromatic nitrogens is 2. The second kappa shape index (κ2) is 5.70. The summed E-state index contributed by atoms with van der Waals surface area (Å²) >= 11 is 0. The molecule has 0 bridgehead atoms. The molecule has 0 spiro atoms. The summed E-state index contributed by atoms with van der Waals surface area (Å²) in [5, 5.41) is 10.7. The lowest BCUT2D eigenvalue weighted by Gasteiger charge is -2.17. The van der Waals surface area contributed by atoms with Crippen molar-refractivity contribution in [2.45, 2.75) is 6.54 Å². The second-order valence-corrected chi connectivity index (χ2v) is 4.54. The van der Waals surface area contributed by atoms with Crippen LogP contribution in [0, 0.1) is 15.9 Å². The van der Waals surface area contributed by atoms with Crippen molar-refractivity contribution in [1.29, 1.82) is 0 Å². The van der Waals surface area contributed by atoms with Gasteiger partial charge in [0.2, 0.25) is 0 Å². The summed E-state index contributed by atoms with van der Waals surface area (Å²) in [4.78, 5) is 27.6. The maximum atomic E-state index is 13.7. The van der Waals surface area contributed by atoms with Gasteiger partial charge in [-0.3, -0.25) is 14.9 Å². The van der Waals surface area contributed by atoms with Crippen LogP contribution in [0.3, 0.4) is 0 Å². The zero-order valence-electron chi connectivity index (χ0n) is 11.5. The fraction of sp³-hybridized carbons (Fsp3) is 0.231. The van der Waals surface area contributed by atoms with E-state index in [4.69, 9.17) is 0 Å². The zero-order chi connectivity index (χ0) is 15.6. The first-order valence-electron chi connectivity index (χ1n) is 6.05. The van der Waals surface area contributed by atoms with E-state index in [0.717, 1.165) is 18.2 Å². The quantitative estimate of drug-likeness (QED) is 0.635. The lowest BCUT2D eigenvalue weighted by atomic mass is 10.1. The average molecular weight is 292 g/mol. The minimum atomic E-state index is -0.794. The molecule has 0 unspecified atom stereocenters. The first kappa shape index (κ1) is 14.6. The normalized spacial score (nSPS) is 10.4. The first-order chi connectivity index (χ1) is 9.90. The van der Waals surface area contributed by atoms with E-state index in [0.29, 0.717) is 5.82 Å². The van der Waals surface area contributed by atoms with Crippen LogP contribution in [0.1, 0.15) is 16.2 Å². The molecule has 0 saturated heterocycles. The molecule has 21 heavy (non-hydrogen) atoms. The monoisotopic (exact) mass is 292 g/mol. The standard InChI is InChI=1S/C13H13FN4O3/c1-16-6-5-15-12(16)8-17(2)13(19)10-7-9(18(20)21)3-4-11(10)14/h3-7H,8H2,1-2H3. The van der Waals surface area contributed by atoms with Gasteiger partial charge in [-0.15, -0.1) is 0 Å². The number of imidazole rings is 1. The number of halogens is 1. The molecular formula is C13H13FN4O3. The van der Waals surface area contributed by atoms with E-state index in [9.17, 15) is 19.3 Å². The van der Waals surface area contributed by atoms with Gasteiger partial charge in [-0.2, -0.15) is 0 Å². The van der Waals surface area contributed by atoms with Crippen molar-refractivity contribution in [3.63, 3.8) is 0 Å². The van der Waals surface area contributed by atoms with Gasteiger partial charge in [-0.25, -0.2) is 9.37 Å². The molecule has 0 radical (unpaired) electrons. The number of carbonyl (C=O) groups excluding carboxylic acids is 1. The number of rotatable bonds is 4. The number of nitro groups is 1. The maximum Gasteiger partial charge on any atom is 0.270 e. The highest BCUT2D eigenvalue weighted by Gasteiger charge is 2.20. The van der Waals surface area contributed by atoms with Gasteiger partial charge >= 0.3 is 0 Å². The number of aryl methyl sites for hydroxylation is 1. The molecule has 8 heteroatoms. The van der Waals surface area contributed by atoms with E-state index in [1.807, 2.05) is 0 Å². The Kier molecular flexibility index (Phi) is 3.97. The third-order valence-corrected chi connectivity index (χ3v) is 3.04. The highest BCUT2D eigenvalue weighted by atomic mass is 19.1. The SMILES string of the molecule is CN(Cc1nccn1C)C(=O)c1cc([N+](=O)[O-])ccc1F. The van der Waals surface area contributed by atoms with Crippen LogP contribution in [-0.2, 0) is 13.6 Å². The number of carbonyl (C=O) groups is 1. The van der Waals surface area contributed by atoms with Crippen LogP contribution >= 0.6 is 0 Å². The summed E-state index contributed by atoms with van der Waals surface area (Å²) in [7, 11) is 3.25. The van der Waals surface area contributed by atoms with Gasteiger partial charge in [-0.1, -0.05) is 0 Å². The van der Waals surface area contributed by atoms with Crippen molar-refractivity contribution in [1.82, 2.24) is 14.5 Å². The Balaban J connectivity index is 2.25. The summed E-state index contributed by atoms with van der Waals surface area (Å²) in [6.45, 7) is 0.171. The van der Waals surface area contributed by atoms with Crippen molar-refractivity contribution in [3.05, 3.63) is 57.9 Å². The maximum absolute atomic E-state index is 13.7. The van der Waals surface area contributed by atoms with Gasteiger partial charge in [0, 0.05) is 38.6 Å². The van der Waals surface area contributed by atoms with Crippen molar-refractivity contribution in [2.75, 3.05) is 7.05 Å². The van der Waals surface area contributed by atoms with Crippen LogP contribution < -0.4 is 0 Å². The number of nitrogens with zero attached hydrogens (tertiary/aromatic N) is 4. The molecule has 7 nitrogen and oxygen atoms in total. The molecule has 110 valence electrons. The molecule has 0 N–H and O–H groups in total. The van der Waals surface area contributed by atoms with Gasteiger partial charge in [0.05, 0.1) is 17.0 Å². The van der Waals surface area contributed by atoms with E-state index in [1.165, 1.54) is 11.9 Å². The van der Waals surface area contributed by atoms with E-state index in [1.54, 1.807) is 24.0 Å². The molecule has 1 heterocycles. The molecule has 1 aromatic carbocycles. The van der Waals surface area contributed by atoms with Crippen LogP contribution in [0.5, 0.6) is 0 Å². The number of nitro benzene ring substituents is 1. The van der Waals surface area contributed by atoms with Crippen LogP contribution in [-0.4, -0.2) is 32.3 Å². The second-order valence-electron chi connectivity index (χ2n) is 4.54. The van der Waals surface area contributed by atoms with Gasteiger partial charge in [-0.05, 0) is 6.07 Å². The lowest BCUT2D eigenvalue weighted by Crippen LogP contribution is -2.28. The largest absolute Gasteiger partial charge is 0.337 e. The fourth-order valence-corrected chi connectivity index (χ4v) is 1.83. The predicted molar refractivity (Wildman–Crippen MR) is 72.1 cm³/mol. The Hall–Kier alpha value is -2.77. The van der Waals surface area contributed by atoms with E-state index < -0.39 is 16.6 Å². The molecule has 0 aliphatic carbocycles. The Morgan fingerprint density at radius 2 is 2.24 bits per heavy atom. The Bertz CT molecular complexity index is 698. The smallest absolute Gasteiger partial charge is 0.270 e. The fourth-order valence-electron chi connectivity index (χ4n) is 1.83. The molecule has 0 atom stereocenters. The molecule has 1 amide bonds. The molecule has 0 saturated carbocycles. The van der Waals surface area contributed by atoms with E-state index >= 15 is 0 Å². The number of non-ortho nitro benzene ring substituents is 1. The lowest BCUT2D eigenvalue weighted by molar-refractivity contribution is -0.384. The van der Waals surface area contributed by atoms with Crippen LogP contribution in [0.4, 0.5) is 10.1 Å². The molecule has 0 aliphatic heterocycles. The molecular weight excluding hydrogens is 279 g/mol. The highest BCUT2D eigenvalue weighted by Crippen LogP contribution is 2.18. The number of hydrogen-bond donors (Lipinski definition) is 0. The van der Waals surface area contributed by atoms with Gasteiger partial charge in [0.1, 0.15) is 11.6 Å². The molecule has 2 rings (SSSR count). The van der Waals surface area contributed by atoms with Crippen molar-refractivity contribution >= 4 is 11.6 Å². The van der Waals surface area contributed by atoms with Crippen molar-refractivity contribution < 1.29 is 14.1 Å².